The Morgan fingerprint density at radius 1 is 1.40 bits per heavy atom. The third kappa shape index (κ3) is 5.16. The van der Waals surface area contributed by atoms with E-state index >= 15 is 0 Å². The first-order valence-electron chi connectivity index (χ1n) is 3.30. The van der Waals surface area contributed by atoms with Crippen LogP contribution in [0.25, 0.3) is 0 Å². The van der Waals surface area contributed by atoms with Gasteiger partial charge in [-0.05, 0) is 19.2 Å². The molecule has 0 aromatic heterocycles. The first-order valence-corrected chi connectivity index (χ1v) is 3.30. The Labute approximate surface area is 63.3 Å². The Hall–Kier alpha value is -0.980. The van der Waals surface area contributed by atoms with Gasteiger partial charge in [-0.25, -0.2) is 0 Å². The van der Waals surface area contributed by atoms with Crippen molar-refractivity contribution < 1.29 is 0 Å². The third-order valence-corrected chi connectivity index (χ3v) is 1.07. The molecule has 1 heteroatoms. The van der Waals surface area contributed by atoms with Gasteiger partial charge in [0.05, 0.1) is 0 Å². The van der Waals surface area contributed by atoms with Crippen molar-refractivity contribution >= 4 is 0 Å². The van der Waals surface area contributed by atoms with Crippen LogP contribution in [0.1, 0.15) is 6.92 Å². The van der Waals surface area contributed by atoms with Gasteiger partial charge in [0, 0.05) is 14.1 Å². The van der Waals surface area contributed by atoms with E-state index in [0.717, 1.165) is 0 Å². The van der Waals surface area contributed by atoms with Gasteiger partial charge in [0.15, 0.2) is 0 Å². The van der Waals surface area contributed by atoms with Crippen LogP contribution in [-0.2, 0) is 0 Å². The number of hydrogen-bond acceptors (Lipinski definition) is 1. The fraction of sp³-hybridized carbons (Fsp3) is 0.333. The highest BCUT2D eigenvalue weighted by Gasteiger charge is 1.74. The van der Waals surface area contributed by atoms with Crippen molar-refractivity contribution in [1.29, 1.82) is 0 Å². The molecule has 0 aliphatic rings. The molecule has 0 saturated heterocycles. The maximum absolute atomic E-state index is 3.64. The largest absolute Gasteiger partial charge is 0.383 e. The molecule has 0 unspecified atom stereocenters. The van der Waals surface area contributed by atoms with Crippen LogP contribution in [0.15, 0.2) is 36.6 Å². The summed E-state index contributed by atoms with van der Waals surface area (Å²) in [5.41, 5.74) is 1.18. The summed E-state index contributed by atoms with van der Waals surface area (Å²) in [5, 5.41) is 0. The second kappa shape index (κ2) is 4.86. The van der Waals surface area contributed by atoms with Crippen LogP contribution < -0.4 is 0 Å². The van der Waals surface area contributed by atoms with Gasteiger partial charge in [-0.1, -0.05) is 24.3 Å². The molecule has 0 rings (SSSR count). The Morgan fingerprint density at radius 3 is 2.40 bits per heavy atom. The van der Waals surface area contributed by atoms with Gasteiger partial charge in [0.25, 0.3) is 0 Å². The van der Waals surface area contributed by atoms with Gasteiger partial charge in [0.2, 0.25) is 0 Å². The first-order chi connectivity index (χ1) is 4.66. The Morgan fingerprint density at radius 2 is 2.00 bits per heavy atom. The van der Waals surface area contributed by atoms with Gasteiger partial charge in [0.1, 0.15) is 0 Å². The van der Waals surface area contributed by atoms with Crippen LogP contribution in [0.3, 0.4) is 0 Å². The van der Waals surface area contributed by atoms with Crippen LogP contribution in [-0.4, -0.2) is 19.0 Å². The van der Waals surface area contributed by atoms with Gasteiger partial charge < -0.3 is 4.90 Å². The lowest BCUT2D eigenvalue weighted by Crippen LogP contribution is -1.99. The molecule has 0 aliphatic carbocycles. The maximum Gasteiger partial charge on any atom is 0.00556 e. The molecule has 0 fully saturated rings. The molecule has 56 valence electrons. The summed E-state index contributed by atoms with van der Waals surface area (Å²) in [6.07, 6.45) is 7.84. The quantitative estimate of drug-likeness (QED) is 0.539. The van der Waals surface area contributed by atoms with Crippen LogP contribution in [0.4, 0.5) is 0 Å². The van der Waals surface area contributed by atoms with E-state index < -0.39 is 0 Å². The van der Waals surface area contributed by atoms with Crippen molar-refractivity contribution in [2.75, 3.05) is 14.1 Å². The minimum absolute atomic E-state index is 1.18. The second-order valence-electron chi connectivity index (χ2n) is 2.42. The summed E-state index contributed by atoms with van der Waals surface area (Å²) in [4.78, 5) is 1.99. The lowest BCUT2D eigenvalue weighted by molar-refractivity contribution is 0.564. The number of allylic oxidation sites excluding steroid dienone is 4. The van der Waals surface area contributed by atoms with Crippen molar-refractivity contribution in [3.8, 4) is 0 Å². The topological polar surface area (TPSA) is 3.24 Å². The zero-order valence-corrected chi connectivity index (χ0v) is 6.96. The Balaban J connectivity index is 3.81. The molecule has 0 heterocycles. The molecule has 10 heavy (non-hydrogen) atoms. The average molecular weight is 137 g/mol. The van der Waals surface area contributed by atoms with Crippen LogP contribution >= 0.6 is 0 Å². The molecule has 0 N–H and O–H groups in total. The van der Waals surface area contributed by atoms with E-state index in [-0.39, 0.29) is 0 Å². The lowest BCUT2D eigenvalue weighted by Gasteiger charge is -2.00. The maximum atomic E-state index is 3.64. The van der Waals surface area contributed by atoms with Crippen molar-refractivity contribution in [2.45, 2.75) is 6.92 Å². The lowest BCUT2D eigenvalue weighted by atomic mass is 10.3. The van der Waals surface area contributed by atoms with Crippen molar-refractivity contribution in [3.05, 3.63) is 36.6 Å². The highest BCUT2D eigenvalue weighted by Crippen LogP contribution is 1.92. The molecule has 0 aliphatic heterocycles. The van der Waals surface area contributed by atoms with Gasteiger partial charge in [-0.15, -0.1) is 0 Å². The fourth-order valence-electron chi connectivity index (χ4n) is 0.435. The Bertz CT molecular complexity index is 152. The molecule has 0 aromatic rings. The predicted molar refractivity (Wildman–Crippen MR) is 46.8 cm³/mol. The van der Waals surface area contributed by atoms with Crippen molar-refractivity contribution in [1.82, 2.24) is 4.90 Å². The normalized spacial score (nSPS) is 12.1. The molecule has 0 aromatic carbocycles. The van der Waals surface area contributed by atoms with Gasteiger partial charge in [-0.2, -0.15) is 0 Å². The van der Waals surface area contributed by atoms with Crippen LogP contribution in [0.2, 0.25) is 0 Å². The minimum Gasteiger partial charge on any atom is -0.383 e. The predicted octanol–water partition coefficient (Wildman–Crippen LogP) is 2.19. The molecule has 0 saturated carbocycles. The number of hydrogen-bond donors (Lipinski definition) is 0. The molecule has 1 nitrogen and oxygen atoms in total. The van der Waals surface area contributed by atoms with Crippen molar-refractivity contribution in [3.63, 3.8) is 0 Å². The van der Waals surface area contributed by atoms with E-state index in [1.165, 1.54) is 5.57 Å². The van der Waals surface area contributed by atoms with E-state index in [1.807, 2.05) is 50.3 Å². The third-order valence-electron chi connectivity index (χ3n) is 1.07. The highest BCUT2D eigenvalue weighted by atomic mass is 15.0. The summed E-state index contributed by atoms with van der Waals surface area (Å²) in [6, 6.07) is 0. The molecule has 0 radical (unpaired) electrons. The van der Waals surface area contributed by atoms with E-state index in [4.69, 9.17) is 0 Å². The second-order valence-corrected chi connectivity index (χ2v) is 2.42. The number of rotatable bonds is 3. The number of nitrogens with zero attached hydrogens (tertiary/aromatic N) is 1. The smallest absolute Gasteiger partial charge is 0.00556 e. The zero-order chi connectivity index (χ0) is 7.98. The van der Waals surface area contributed by atoms with E-state index in [0.29, 0.717) is 0 Å². The van der Waals surface area contributed by atoms with E-state index in [9.17, 15) is 0 Å². The summed E-state index contributed by atoms with van der Waals surface area (Å²) in [6.45, 7) is 5.66. The molecular weight excluding hydrogens is 122 g/mol. The summed E-state index contributed by atoms with van der Waals surface area (Å²) in [7, 11) is 3.99. The zero-order valence-electron chi connectivity index (χ0n) is 6.96. The minimum atomic E-state index is 1.18. The molecule has 0 bridgehead atoms. The standard InChI is InChI=1S/C9H15N/c1-5-9(2)7-6-8-10(3)4/h5-8H,1H2,2-4H3/b8-6+,9-7?. The molecular formula is C9H15N. The molecule has 0 amide bonds. The summed E-state index contributed by atoms with van der Waals surface area (Å²) >= 11 is 0. The van der Waals surface area contributed by atoms with E-state index in [2.05, 4.69) is 6.58 Å². The summed E-state index contributed by atoms with van der Waals surface area (Å²) in [5.74, 6) is 0. The molecule has 0 atom stereocenters. The molecule has 0 spiro atoms. The van der Waals surface area contributed by atoms with Gasteiger partial charge >= 0.3 is 0 Å². The van der Waals surface area contributed by atoms with E-state index in [1.54, 1.807) is 0 Å². The summed E-state index contributed by atoms with van der Waals surface area (Å²) < 4.78 is 0. The van der Waals surface area contributed by atoms with Crippen LogP contribution in [0.5, 0.6) is 0 Å². The SMILES string of the molecule is C=CC(C)=C/C=C/N(C)C. The van der Waals surface area contributed by atoms with Crippen molar-refractivity contribution in [2.24, 2.45) is 0 Å². The monoisotopic (exact) mass is 137 g/mol. The fourth-order valence-corrected chi connectivity index (χ4v) is 0.435. The van der Waals surface area contributed by atoms with Crippen LogP contribution in [0, 0.1) is 0 Å². The van der Waals surface area contributed by atoms with Gasteiger partial charge in [-0.3, -0.25) is 0 Å². The Kier molecular flexibility index (Phi) is 4.38. The highest BCUT2D eigenvalue weighted by molar-refractivity contribution is 5.19. The first kappa shape index (κ1) is 9.02. The average Bonchev–Trinajstić information content (AvgIpc) is 1.87.